The van der Waals surface area contributed by atoms with Gasteiger partial charge in [0.05, 0.1) is 6.54 Å². The summed E-state index contributed by atoms with van der Waals surface area (Å²) in [5.41, 5.74) is 2.40. The molecule has 5 nitrogen and oxygen atoms in total. The van der Waals surface area contributed by atoms with Gasteiger partial charge in [0.2, 0.25) is 0 Å². The molecule has 32 heavy (non-hydrogen) atoms. The van der Waals surface area contributed by atoms with E-state index in [9.17, 15) is 15.0 Å². The summed E-state index contributed by atoms with van der Waals surface area (Å²) in [7, 11) is 0. The molecule has 0 radical (unpaired) electrons. The minimum absolute atomic E-state index is 0.0335. The van der Waals surface area contributed by atoms with Gasteiger partial charge in [-0.2, -0.15) is 0 Å². The van der Waals surface area contributed by atoms with Gasteiger partial charge in [-0.15, -0.1) is 0 Å². The van der Waals surface area contributed by atoms with Crippen LogP contribution in [0.15, 0.2) is 42.5 Å². The molecule has 0 amide bonds. The maximum absolute atomic E-state index is 13.4. The van der Waals surface area contributed by atoms with E-state index in [0.29, 0.717) is 17.9 Å². The lowest BCUT2D eigenvalue weighted by Crippen LogP contribution is -2.32. The number of hydrogen-bond acceptors (Lipinski definition) is 4. The predicted molar refractivity (Wildman–Crippen MR) is 129 cm³/mol. The number of aliphatic hydroxyl groups is 1. The Labute approximate surface area is 191 Å². The number of carbonyl (C=O) groups excluding carboxylic acids is 1. The summed E-state index contributed by atoms with van der Waals surface area (Å²) in [6.45, 7) is 12.7. The quantitative estimate of drug-likeness (QED) is 0.585. The fraction of sp³-hybridized carbons (Fsp3) is 0.481. The predicted octanol–water partition coefficient (Wildman–Crippen LogP) is 4.86. The molecule has 172 valence electrons. The first kappa shape index (κ1) is 24.0. The van der Waals surface area contributed by atoms with Crippen LogP contribution in [0.25, 0.3) is 0 Å². The first-order valence-electron chi connectivity index (χ1n) is 11.2. The van der Waals surface area contributed by atoms with Crippen LogP contribution in [0.5, 0.6) is 5.75 Å². The van der Waals surface area contributed by atoms with Gasteiger partial charge < -0.3 is 15.1 Å². The fourth-order valence-electron chi connectivity index (χ4n) is 4.51. The molecule has 0 bridgehead atoms. The summed E-state index contributed by atoms with van der Waals surface area (Å²) in [5, 5.41) is 29.6. The molecule has 2 atom stereocenters. The summed E-state index contributed by atoms with van der Waals surface area (Å²) in [5.74, 6) is 0.197. The Bertz CT molecular complexity index is 965. The van der Waals surface area contributed by atoms with Crippen LogP contribution >= 0.6 is 0 Å². The van der Waals surface area contributed by atoms with Crippen molar-refractivity contribution < 1.29 is 15.0 Å². The van der Waals surface area contributed by atoms with E-state index in [1.807, 2.05) is 71.9 Å². The third kappa shape index (κ3) is 4.73. The van der Waals surface area contributed by atoms with Gasteiger partial charge in [-0.3, -0.25) is 10.2 Å². The molecule has 3 rings (SSSR count). The zero-order valence-electron chi connectivity index (χ0n) is 20.1. The Kier molecular flexibility index (Phi) is 6.52. The summed E-state index contributed by atoms with van der Waals surface area (Å²) in [6, 6.07) is 13.3. The van der Waals surface area contributed by atoms with Crippen molar-refractivity contribution in [1.29, 1.82) is 5.41 Å². The number of carbonyl (C=O) groups is 1. The van der Waals surface area contributed by atoms with E-state index < -0.39 is 0 Å². The molecular formula is C27H36N2O3. The van der Waals surface area contributed by atoms with E-state index in [0.717, 1.165) is 16.7 Å². The highest BCUT2D eigenvalue weighted by atomic mass is 16.3. The van der Waals surface area contributed by atoms with Crippen molar-refractivity contribution in [1.82, 2.24) is 4.90 Å². The van der Waals surface area contributed by atoms with Crippen LogP contribution in [0.1, 0.15) is 74.5 Å². The number of amidine groups is 1. The maximum Gasteiger partial charge on any atom is 0.182 e. The second-order valence-corrected chi connectivity index (χ2v) is 10.9. The van der Waals surface area contributed by atoms with E-state index in [1.54, 1.807) is 17.0 Å². The Morgan fingerprint density at radius 1 is 1.03 bits per heavy atom. The van der Waals surface area contributed by atoms with Crippen LogP contribution in [0.4, 0.5) is 0 Å². The average molecular weight is 437 g/mol. The van der Waals surface area contributed by atoms with Gasteiger partial charge in [-0.1, -0.05) is 71.9 Å². The molecule has 0 aliphatic carbocycles. The maximum atomic E-state index is 13.4. The topological polar surface area (TPSA) is 84.6 Å². The lowest BCUT2D eigenvalue weighted by Gasteiger charge is -2.28. The molecule has 2 aromatic carbocycles. The van der Waals surface area contributed by atoms with E-state index in [-0.39, 0.29) is 47.4 Å². The highest BCUT2D eigenvalue weighted by Gasteiger charge is 2.39. The van der Waals surface area contributed by atoms with Crippen molar-refractivity contribution in [2.24, 2.45) is 5.92 Å². The van der Waals surface area contributed by atoms with Crippen LogP contribution in [-0.4, -0.2) is 46.4 Å². The molecule has 0 aromatic heterocycles. The Hall–Kier alpha value is -2.66. The largest absolute Gasteiger partial charge is 0.507 e. The van der Waals surface area contributed by atoms with E-state index in [1.165, 1.54) is 0 Å². The number of aliphatic hydroxyl groups excluding tert-OH is 1. The summed E-state index contributed by atoms with van der Waals surface area (Å²) in [4.78, 5) is 15.2. The summed E-state index contributed by atoms with van der Waals surface area (Å²) in [6.07, 6.45) is 0. The first-order valence-corrected chi connectivity index (χ1v) is 11.2. The minimum Gasteiger partial charge on any atom is -0.507 e. The van der Waals surface area contributed by atoms with Crippen molar-refractivity contribution in [2.75, 3.05) is 19.7 Å². The number of nitrogens with zero attached hydrogens (tertiary/aromatic N) is 1. The number of Topliss-reactive ketones (excluding diaryl/α,β-unsaturated/α-hetero) is 1. The van der Waals surface area contributed by atoms with Gasteiger partial charge in [0.1, 0.15) is 11.6 Å². The lowest BCUT2D eigenvalue weighted by atomic mass is 9.78. The number of ketones is 1. The fourth-order valence-corrected chi connectivity index (χ4v) is 4.51. The Morgan fingerprint density at radius 3 is 2.03 bits per heavy atom. The van der Waals surface area contributed by atoms with Gasteiger partial charge in [-0.25, -0.2) is 0 Å². The van der Waals surface area contributed by atoms with Gasteiger partial charge in [0, 0.05) is 41.7 Å². The van der Waals surface area contributed by atoms with Gasteiger partial charge >= 0.3 is 0 Å². The number of aromatic hydroxyl groups is 1. The number of benzene rings is 2. The highest BCUT2D eigenvalue weighted by molar-refractivity contribution is 6.01. The van der Waals surface area contributed by atoms with E-state index in [2.05, 4.69) is 0 Å². The lowest BCUT2D eigenvalue weighted by molar-refractivity contribution is 0.0959. The van der Waals surface area contributed by atoms with Crippen LogP contribution in [-0.2, 0) is 10.8 Å². The van der Waals surface area contributed by atoms with Crippen molar-refractivity contribution in [3.05, 3.63) is 64.7 Å². The molecule has 1 aliphatic heterocycles. The zero-order valence-corrected chi connectivity index (χ0v) is 20.1. The number of hydrogen-bond donors (Lipinski definition) is 3. The monoisotopic (exact) mass is 436 g/mol. The number of phenols is 1. The summed E-state index contributed by atoms with van der Waals surface area (Å²) < 4.78 is 0. The second kappa shape index (κ2) is 8.70. The van der Waals surface area contributed by atoms with Crippen LogP contribution in [0.3, 0.4) is 0 Å². The van der Waals surface area contributed by atoms with Gasteiger partial charge in [-0.05, 0) is 28.5 Å². The smallest absolute Gasteiger partial charge is 0.182 e. The van der Waals surface area contributed by atoms with Gasteiger partial charge in [0.15, 0.2) is 5.78 Å². The number of nitrogens with one attached hydrogen (secondary N) is 1. The Morgan fingerprint density at radius 2 is 1.56 bits per heavy atom. The van der Waals surface area contributed by atoms with Crippen molar-refractivity contribution in [3.8, 4) is 5.75 Å². The Balaban J connectivity index is 1.93. The van der Waals surface area contributed by atoms with Gasteiger partial charge in [0.25, 0.3) is 0 Å². The molecule has 0 saturated carbocycles. The van der Waals surface area contributed by atoms with Crippen LogP contribution < -0.4 is 0 Å². The molecule has 2 aromatic rings. The molecule has 5 heteroatoms. The zero-order chi connectivity index (χ0) is 23.8. The SMILES string of the molecule is CC(C)(C)c1cc(C(=O)CN2C[C@H](CO)[C@@H](c3ccccc3)C2=N)cc(C(C)(C)C)c1O. The summed E-state index contributed by atoms with van der Waals surface area (Å²) >= 11 is 0. The van der Waals surface area contributed by atoms with Crippen molar-refractivity contribution in [3.63, 3.8) is 0 Å². The first-order chi connectivity index (χ1) is 14.8. The normalized spacial score (nSPS) is 19.5. The number of phenolic OH excluding ortho intramolecular Hbond substituents is 1. The molecule has 0 spiro atoms. The number of rotatable bonds is 5. The molecule has 1 heterocycles. The third-order valence-electron chi connectivity index (χ3n) is 6.34. The van der Waals surface area contributed by atoms with Crippen molar-refractivity contribution in [2.45, 2.75) is 58.3 Å². The third-order valence-corrected chi connectivity index (χ3v) is 6.34. The second-order valence-electron chi connectivity index (χ2n) is 10.9. The highest BCUT2D eigenvalue weighted by Crippen LogP contribution is 2.40. The molecular weight excluding hydrogens is 400 g/mol. The molecule has 0 unspecified atom stereocenters. The average Bonchev–Trinajstić information content (AvgIpc) is 3.02. The minimum atomic E-state index is -0.318. The van der Waals surface area contributed by atoms with Crippen molar-refractivity contribution >= 4 is 11.6 Å². The molecule has 3 N–H and O–H groups in total. The number of likely N-dealkylation sites (tertiary alicyclic amines) is 1. The molecule has 1 fully saturated rings. The molecule has 1 saturated heterocycles. The van der Waals surface area contributed by atoms with Crippen LogP contribution in [0.2, 0.25) is 0 Å². The van der Waals surface area contributed by atoms with E-state index in [4.69, 9.17) is 5.41 Å². The van der Waals surface area contributed by atoms with Crippen LogP contribution in [0, 0.1) is 11.3 Å². The standard InChI is InChI=1S/C27H36N2O3/c1-26(2,3)20-12-18(13-21(24(20)32)27(4,5)6)22(31)15-29-14-19(16-30)23(25(29)28)17-10-8-7-9-11-17/h7-13,19,23,28,30,32H,14-16H2,1-6H3/t19-,23-/m1/s1. The molecule has 1 aliphatic rings. The van der Waals surface area contributed by atoms with E-state index >= 15 is 0 Å².